The summed E-state index contributed by atoms with van der Waals surface area (Å²) in [7, 11) is -3.62. The molecular weight excluding hydrogens is 277 g/mol. The monoisotopic (exact) mass is 293 g/mol. The Kier molecular flexibility index (Phi) is 3.92. The molecule has 0 amide bonds. The van der Waals surface area contributed by atoms with Crippen LogP contribution in [-0.2, 0) is 15.6 Å². The van der Waals surface area contributed by atoms with Gasteiger partial charge in [-0.2, -0.15) is 0 Å². The van der Waals surface area contributed by atoms with Gasteiger partial charge < -0.3 is 0 Å². The average Bonchev–Trinajstić information content (AvgIpc) is 2.39. The van der Waals surface area contributed by atoms with Gasteiger partial charge in [0.1, 0.15) is 5.82 Å². The normalized spacial score (nSPS) is 12.3. The molecule has 0 saturated heterocycles. The van der Waals surface area contributed by atoms with E-state index in [4.69, 9.17) is 0 Å². The second-order valence-electron chi connectivity index (χ2n) is 5.05. The van der Waals surface area contributed by atoms with Crippen molar-refractivity contribution >= 4 is 10.0 Å². The molecule has 0 aliphatic heterocycles. The number of benzene rings is 2. The maximum absolute atomic E-state index is 12.9. The summed E-state index contributed by atoms with van der Waals surface area (Å²) in [6.45, 7) is 3.47. The van der Waals surface area contributed by atoms with Crippen molar-refractivity contribution in [3.63, 3.8) is 0 Å². The molecule has 0 unspecified atom stereocenters. The third kappa shape index (κ3) is 3.23. The Bertz CT molecular complexity index is 680. The predicted molar refractivity (Wildman–Crippen MR) is 76.2 cm³/mol. The molecule has 0 saturated carbocycles. The maximum atomic E-state index is 12.9. The molecule has 106 valence electrons. The summed E-state index contributed by atoms with van der Waals surface area (Å²) >= 11 is 0. The average molecular weight is 293 g/mol. The third-order valence-electron chi connectivity index (χ3n) is 3.01. The fourth-order valence-corrected chi connectivity index (χ4v) is 3.34. The molecule has 2 aromatic carbocycles. The van der Waals surface area contributed by atoms with Gasteiger partial charge in [-0.15, -0.1) is 0 Å². The van der Waals surface area contributed by atoms with Crippen molar-refractivity contribution in [3.8, 4) is 0 Å². The Morgan fingerprint density at radius 3 is 2.05 bits per heavy atom. The number of hydrogen-bond donors (Lipinski definition) is 1. The standard InChI is InChI=1S/C15H16FNO2S/c1-15(2,12-8-10-13(16)11-9-12)17-20(18,19)14-6-4-3-5-7-14/h3-11,17H,1-2H3. The Labute approximate surface area is 118 Å². The van der Waals surface area contributed by atoms with Crippen molar-refractivity contribution in [2.75, 3.05) is 0 Å². The van der Waals surface area contributed by atoms with E-state index in [0.717, 1.165) is 0 Å². The summed E-state index contributed by atoms with van der Waals surface area (Å²) in [6.07, 6.45) is 0. The number of nitrogens with one attached hydrogen (secondary N) is 1. The second-order valence-corrected chi connectivity index (χ2v) is 6.73. The van der Waals surface area contributed by atoms with Crippen molar-refractivity contribution in [2.24, 2.45) is 0 Å². The zero-order chi connectivity index (χ0) is 14.8. The van der Waals surface area contributed by atoms with Crippen LogP contribution in [0.3, 0.4) is 0 Å². The van der Waals surface area contributed by atoms with E-state index in [1.165, 1.54) is 24.3 Å². The maximum Gasteiger partial charge on any atom is 0.241 e. The van der Waals surface area contributed by atoms with Crippen LogP contribution in [0.25, 0.3) is 0 Å². The largest absolute Gasteiger partial charge is 0.241 e. The number of sulfonamides is 1. The minimum absolute atomic E-state index is 0.204. The molecule has 2 rings (SSSR count). The molecule has 0 atom stereocenters. The minimum atomic E-state index is -3.62. The van der Waals surface area contributed by atoms with Gasteiger partial charge in [0.15, 0.2) is 0 Å². The zero-order valence-electron chi connectivity index (χ0n) is 11.3. The van der Waals surface area contributed by atoms with E-state index in [9.17, 15) is 12.8 Å². The molecule has 0 fully saturated rings. The fraction of sp³-hybridized carbons (Fsp3) is 0.200. The molecule has 0 radical (unpaired) electrons. The van der Waals surface area contributed by atoms with Gasteiger partial charge in [0.25, 0.3) is 0 Å². The van der Waals surface area contributed by atoms with Crippen LogP contribution in [0.2, 0.25) is 0 Å². The van der Waals surface area contributed by atoms with Crippen LogP contribution in [0.15, 0.2) is 59.5 Å². The number of halogens is 1. The van der Waals surface area contributed by atoms with Crippen molar-refractivity contribution in [2.45, 2.75) is 24.3 Å². The van der Waals surface area contributed by atoms with Crippen molar-refractivity contribution in [1.82, 2.24) is 4.72 Å². The van der Waals surface area contributed by atoms with Gasteiger partial charge >= 0.3 is 0 Å². The van der Waals surface area contributed by atoms with E-state index in [1.807, 2.05) is 0 Å². The van der Waals surface area contributed by atoms with E-state index in [1.54, 1.807) is 44.2 Å². The highest BCUT2D eigenvalue weighted by atomic mass is 32.2. The van der Waals surface area contributed by atoms with Crippen LogP contribution in [0.5, 0.6) is 0 Å². The third-order valence-corrected chi connectivity index (χ3v) is 4.68. The summed E-state index contributed by atoms with van der Waals surface area (Å²) in [6, 6.07) is 13.9. The fourth-order valence-electron chi connectivity index (χ4n) is 1.92. The van der Waals surface area contributed by atoms with Gasteiger partial charge in [0.05, 0.1) is 10.4 Å². The molecule has 3 nitrogen and oxygen atoms in total. The first-order chi connectivity index (χ1) is 9.31. The van der Waals surface area contributed by atoms with Crippen molar-refractivity contribution in [1.29, 1.82) is 0 Å². The van der Waals surface area contributed by atoms with Crippen LogP contribution in [0.1, 0.15) is 19.4 Å². The van der Waals surface area contributed by atoms with Gasteiger partial charge in [-0.05, 0) is 43.7 Å². The van der Waals surface area contributed by atoms with Crippen LogP contribution in [0.4, 0.5) is 4.39 Å². The Balaban J connectivity index is 2.30. The molecule has 2 aromatic rings. The molecule has 20 heavy (non-hydrogen) atoms. The molecule has 0 spiro atoms. The Morgan fingerprint density at radius 1 is 0.950 bits per heavy atom. The summed E-state index contributed by atoms with van der Waals surface area (Å²) in [5.74, 6) is -0.351. The lowest BCUT2D eigenvalue weighted by atomic mass is 9.96. The molecule has 0 aliphatic rings. The number of hydrogen-bond acceptors (Lipinski definition) is 2. The van der Waals surface area contributed by atoms with Gasteiger partial charge in [-0.1, -0.05) is 30.3 Å². The SMILES string of the molecule is CC(C)(NS(=O)(=O)c1ccccc1)c1ccc(F)cc1. The van der Waals surface area contributed by atoms with E-state index in [0.29, 0.717) is 5.56 Å². The van der Waals surface area contributed by atoms with Crippen LogP contribution < -0.4 is 4.72 Å². The summed E-state index contributed by atoms with van der Waals surface area (Å²) in [5, 5.41) is 0. The minimum Gasteiger partial charge on any atom is -0.207 e. The molecule has 0 aromatic heterocycles. The highest BCUT2D eigenvalue weighted by molar-refractivity contribution is 7.89. The highest BCUT2D eigenvalue weighted by Crippen LogP contribution is 2.23. The van der Waals surface area contributed by atoms with Gasteiger partial charge in [0.2, 0.25) is 10.0 Å². The smallest absolute Gasteiger partial charge is 0.207 e. The Hall–Kier alpha value is -1.72. The van der Waals surface area contributed by atoms with Gasteiger partial charge in [-0.3, -0.25) is 0 Å². The molecule has 1 N–H and O–H groups in total. The molecule has 0 bridgehead atoms. The first-order valence-electron chi connectivity index (χ1n) is 6.16. The Morgan fingerprint density at radius 2 is 1.50 bits per heavy atom. The van der Waals surface area contributed by atoms with Crippen molar-refractivity contribution in [3.05, 3.63) is 66.0 Å². The van der Waals surface area contributed by atoms with E-state index in [2.05, 4.69) is 4.72 Å². The first kappa shape index (κ1) is 14.7. The summed E-state index contributed by atoms with van der Waals surface area (Å²) < 4.78 is 40.2. The van der Waals surface area contributed by atoms with E-state index < -0.39 is 15.6 Å². The van der Waals surface area contributed by atoms with E-state index >= 15 is 0 Å². The lowest BCUT2D eigenvalue weighted by Crippen LogP contribution is -2.40. The number of rotatable bonds is 4. The lowest BCUT2D eigenvalue weighted by molar-refractivity contribution is 0.471. The first-order valence-corrected chi connectivity index (χ1v) is 7.65. The lowest BCUT2D eigenvalue weighted by Gasteiger charge is -2.26. The van der Waals surface area contributed by atoms with Crippen LogP contribution in [0, 0.1) is 5.82 Å². The molecule has 0 heterocycles. The van der Waals surface area contributed by atoms with Crippen LogP contribution in [-0.4, -0.2) is 8.42 Å². The predicted octanol–water partition coefficient (Wildman–Crippen LogP) is 3.04. The molecule has 0 aliphatic carbocycles. The summed E-state index contributed by atoms with van der Waals surface area (Å²) in [5.41, 5.74) is -0.138. The zero-order valence-corrected chi connectivity index (χ0v) is 12.1. The van der Waals surface area contributed by atoms with Crippen LogP contribution >= 0.6 is 0 Å². The molecular formula is C15H16FNO2S. The quantitative estimate of drug-likeness (QED) is 0.941. The van der Waals surface area contributed by atoms with Gasteiger partial charge in [-0.25, -0.2) is 17.5 Å². The van der Waals surface area contributed by atoms with E-state index in [-0.39, 0.29) is 10.7 Å². The topological polar surface area (TPSA) is 46.2 Å². The molecule has 5 heteroatoms. The van der Waals surface area contributed by atoms with Crippen molar-refractivity contribution < 1.29 is 12.8 Å². The second kappa shape index (κ2) is 5.34. The summed E-state index contributed by atoms with van der Waals surface area (Å²) in [4.78, 5) is 0.204. The highest BCUT2D eigenvalue weighted by Gasteiger charge is 2.27. The van der Waals surface area contributed by atoms with Gasteiger partial charge in [0, 0.05) is 0 Å².